The summed E-state index contributed by atoms with van der Waals surface area (Å²) in [5.41, 5.74) is 4.97. The van der Waals surface area contributed by atoms with Crippen LogP contribution in [0, 0.1) is 13.8 Å². The molecule has 1 N–H and O–H groups in total. The highest BCUT2D eigenvalue weighted by Gasteiger charge is 2.23. The maximum absolute atomic E-state index is 6.05. The fraction of sp³-hybridized carbons (Fsp3) is 0.333. The Morgan fingerprint density at radius 3 is 2.67 bits per heavy atom. The molecule has 2 heterocycles. The van der Waals surface area contributed by atoms with Gasteiger partial charge in [-0.25, -0.2) is 0 Å². The Balaban J connectivity index is 1.38. The third-order valence-electron chi connectivity index (χ3n) is 5.34. The second-order valence-electron chi connectivity index (χ2n) is 7.15. The molecule has 1 aliphatic rings. The molecule has 0 atom stereocenters. The minimum absolute atomic E-state index is 0.598. The monoisotopic (exact) mass is 383 g/mol. The number of aromatic nitrogens is 2. The van der Waals surface area contributed by atoms with E-state index in [9.17, 15) is 0 Å². The number of hydrogen-bond donors (Lipinski definition) is 1. The van der Waals surface area contributed by atoms with Crippen LogP contribution < -0.4 is 9.80 Å². The van der Waals surface area contributed by atoms with E-state index < -0.39 is 0 Å². The van der Waals surface area contributed by atoms with Gasteiger partial charge in [-0.05, 0) is 43.2 Å². The number of rotatable bonds is 4. The third kappa shape index (κ3) is 3.99. The minimum atomic E-state index is 0.598. The molecule has 0 spiro atoms. The van der Waals surface area contributed by atoms with Crippen LogP contribution in [-0.4, -0.2) is 36.3 Å². The predicted molar refractivity (Wildman–Crippen MR) is 107 cm³/mol. The largest absolute Gasteiger partial charge is 0.360 e. The van der Waals surface area contributed by atoms with E-state index in [1.54, 1.807) is 0 Å². The summed E-state index contributed by atoms with van der Waals surface area (Å²) in [5.74, 6) is 1.28. The average Bonchev–Trinajstić information content (AvgIpc) is 3.13. The van der Waals surface area contributed by atoms with Crippen molar-refractivity contribution in [3.8, 4) is 11.4 Å². The van der Waals surface area contributed by atoms with Crippen LogP contribution in [0.25, 0.3) is 11.4 Å². The van der Waals surface area contributed by atoms with E-state index in [4.69, 9.17) is 16.1 Å². The van der Waals surface area contributed by atoms with Gasteiger partial charge in [-0.3, -0.25) is 0 Å². The average molecular weight is 384 g/mol. The van der Waals surface area contributed by atoms with Crippen molar-refractivity contribution in [2.75, 3.05) is 31.1 Å². The van der Waals surface area contributed by atoms with Gasteiger partial charge in [-0.15, -0.1) is 0 Å². The summed E-state index contributed by atoms with van der Waals surface area (Å²) in [7, 11) is 0. The smallest absolute Gasteiger partial charge is 0.282 e. The molecule has 4 rings (SSSR count). The van der Waals surface area contributed by atoms with Gasteiger partial charge in [0.1, 0.15) is 0 Å². The first-order valence-corrected chi connectivity index (χ1v) is 9.71. The molecular weight excluding hydrogens is 360 g/mol. The summed E-state index contributed by atoms with van der Waals surface area (Å²) in [5, 5.41) is 4.78. The third-order valence-corrected chi connectivity index (χ3v) is 5.57. The number of halogens is 1. The standard InChI is InChI=1S/C21H23ClN4O/c1-15-5-3-8-19(16(15)2)26-11-9-25(10-12-26)14-20-23-21(24-27-20)17-6-4-7-18(22)13-17/h3-8,13H,9-12,14H2,1-2H3/p+1. The van der Waals surface area contributed by atoms with Crippen LogP contribution in [0.5, 0.6) is 0 Å². The highest BCUT2D eigenvalue weighted by molar-refractivity contribution is 6.30. The Kier molecular flexibility index (Phi) is 5.14. The number of piperazine rings is 1. The van der Waals surface area contributed by atoms with Crippen molar-refractivity contribution in [2.24, 2.45) is 0 Å². The Labute approximate surface area is 164 Å². The lowest BCUT2D eigenvalue weighted by atomic mass is 10.1. The number of nitrogens with one attached hydrogen (secondary N) is 1. The van der Waals surface area contributed by atoms with Crippen molar-refractivity contribution in [2.45, 2.75) is 20.4 Å². The second-order valence-corrected chi connectivity index (χ2v) is 7.59. The lowest BCUT2D eigenvalue weighted by Gasteiger charge is -2.34. The number of aryl methyl sites for hydroxylation is 1. The topological polar surface area (TPSA) is 46.6 Å². The summed E-state index contributed by atoms with van der Waals surface area (Å²) in [6.07, 6.45) is 0. The molecule has 1 aromatic heterocycles. The van der Waals surface area contributed by atoms with Crippen LogP contribution in [0.15, 0.2) is 47.0 Å². The Hall–Kier alpha value is -2.37. The molecule has 6 heteroatoms. The summed E-state index contributed by atoms with van der Waals surface area (Å²) in [4.78, 5) is 8.50. The van der Waals surface area contributed by atoms with E-state index in [2.05, 4.69) is 47.1 Å². The Bertz CT molecular complexity index is 931. The van der Waals surface area contributed by atoms with Gasteiger partial charge in [-0.1, -0.05) is 41.0 Å². The summed E-state index contributed by atoms with van der Waals surface area (Å²) in [6.45, 7) is 9.33. The molecule has 0 bridgehead atoms. The number of hydrogen-bond acceptors (Lipinski definition) is 4. The van der Waals surface area contributed by atoms with Gasteiger partial charge in [-0.2, -0.15) is 4.98 Å². The van der Waals surface area contributed by atoms with E-state index in [1.807, 2.05) is 24.3 Å². The molecule has 0 aliphatic carbocycles. The Morgan fingerprint density at radius 2 is 1.89 bits per heavy atom. The van der Waals surface area contributed by atoms with Gasteiger partial charge in [0.05, 0.1) is 26.2 Å². The molecule has 1 aliphatic heterocycles. The molecule has 2 aromatic carbocycles. The van der Waals surface area contributed by atoms with Crippen LogP contribution in [0.1, 0.15) is 17.0 Å². The maximum Gasteiger partial charge on any atom is 0.282 e. The first-order chi connectivity index (χ1) is 13.1. The SMILES string of the molecule is Cc1cccc(N2CC[NH+](Cc3nc(-c4cccc(Cl)c4)no3)CC2)c1C. The number of nitrogens with zero attached hydrogens (tertiary/aromatic N) is 3. The molecule has 140 valence electrons. The van der Waals surface area contributed by atoms with E-state index in [0.29, 0.717) is 16.7 Å². The van der Waals surface area contributed by atoms with Crippen molar-refractivity contribution in [3.05, 3.63) is 64.5 Å². The molecule has 1 saturated heterocycles. The van der Waals surface area contributed by atoms with Crippen LogP contribution in [0.4, 0.5) is 5.69 Å². The summed E-state index contributed by atoms with van der Waals surface area (Å²) < 4.78 is 5.47. The van der Waals surface area contributed by atoms with E-state index in [1.165, 1.54) is 21.7 Å². The van der Waals surface area contributed by atoms with Gasteiger partial charge in [0.2, 0.25) is 5.82 Å². The van der Waals surface area contributed by atoms with E-state index in [0.717, 1.165) is 38.3 Å². The van der Waals surface area contributed by atoms with Crippen molar-refractivity contribution >= 4 is 17.3 Å². The lowest BCUT2D eigenvalue weighted by molar-refractivity contribution is -0.915. The summed E-state index contributed by atoms with van der Waals surface area (Å²) >= 11 is 6.05. The fourth-order valence-electron chi connectivity index (χ4n) is 3.60. The zero-order valence-corrected chi connectivity index (χ0v) is 16.5. The zero-order chi connectivity index (χ0) is 18.8. The van der Waals surface area contributed by atoms with Gasteiger partial charge in [0.15, 0.2) is 6.54 Å². The molecule has 0 saturated carbocycles. The van der Waals surface area contributed by atoms with Crippen molar-refractivity contribution in [3.63, 3.8) is 0 Å². The quantitative estimate of drug-likeness (QED) is 0.752. The van der Waals surface area contributed by atoms with Crippen molar-refractivity contribution in [1.82, 2.24) is 10.1 Å². The highest BCUT2D eigenvalue weighted by Crippen LogP contribution is 2.23. The number of anilines is 1. The molecule has 1 fully saturated rings. The van der Waals surface area contributed by atoms with Gasteiger partial charge >= 0.3 is 0 Å². The molecule has 0 radical (unpaired) electrons. The number of benzene rings is 2. The second kappa shape index (κ2) is 7.71. The van der Waals surface area contributed by atoms with Crippen LogP contribution in [0.3, 0.4) is 0 Å². The molecule has 5 nitrogen and oxygen atoms in total. The fourth-order valence-corrected chi connectivity index (χ4v) is 3.79. The van der Waals surface area contributed by atoms with Crippen LogP contribution in [0.2, 0.25) is 5.02 Å². The predicted octanol–water partition coefficient (Wildman–Crippen LogP) is 2.91. The maximum atomic E-state index is 6.05. The van der Waals surface area contributed by atoms with Crippen molar-refractivity contribution < 1.29 is 9.42 Å². The molecule has 0 unspecified atom stereocenters. The first kappa shape index (κ1) is 18.0. The molecule has 0 amide bonds. The molecular formula is C21H24ClN4O+. The van der Waals surface area contributed by atoms with Crippen molar-refractivity contribution in [1.29, 1.82) is 0 Å². The van der Waals surface area contributed by atoms with Gasteiger partial charge < -0.3 is 14.3 Å². The van der Waals surface area contributed by atoms with Crippen LogP contribution >= 0.6 is 11.6 Å². The highest BCUT2D eigenvalue weighted by atomic mass is 35.5. The summed E-state index contributed by atoms with van der Waals surface area (Å²) in [6, 6.07) is 14.1. The van der Waals surface area contributed by atoms with Gasteiger partial charge in [0, 0.05) is 16.3 Å². The molecule has 3 aromatic rings. The normalized spacial score (nSPS) is 15.3. The molecule has 27 heavy (non-hydrogen) atoms. The minimum Gasteiger partial charge on any atom is -0.360 e. The zero-order valence-electron chi connectivity index (χ0n) is 15.7. The lowest BCUT2D eigenvalue weighted by Crippen LogP contribution is -3.13. The number of quaternary nitrogens is 1. The van der Waals surface area contributed by atoms with E-state index in [-0.39, 0.29) is 0 Å². The van der Waals surface area contributed by atoms with Gasteiger partial charge in [0.25, 0.3) is 5.89 Å². The Morgan fingerprint density at radius 1 is 1.11 bits per heavy atom. The van der Waals surface area contributed by atoms with Crippen LogP contribution in [-0.2, 0) is 6.54 Å². The first-order valence-electron chi connectivity index (χ1n) is 9.33. The van der Waals surface area contributed by atoms with E-state index >= 15 is 0 Å².